The number of carbonyl (C=O) groups excluding carboxylic acids is 4. The van der Waals surface area contributed by atoms with Crippen molar-refractivity contribution in [1.29, 1.82) is 0 Å². The topological polar surface area (TPSA) is 125 Å². The SMILES string of the molecule is CCON(C(=O)C(C(=O)OC(C)(C)C)C(N)(C=C=O)C(=O)OC(C)(C)C)C1CCC1. The van der Waals surface area contributed by atoms with E-state index in [1.807, 2.05) is 0 Å². The molecule has 1 aliphatic carbocycles. The van der Waals surface area contributed by atoms with E-state index in [0.29, 0.717) is 18.9 Å². The Hall–Kier alpha value is -2.22. The van der Waals surface area contributed by atoms with Gasteiger partial charge in [0.1, 0.15) is 17.1 Å². The highest BCUT2D eigenvalue weighted by molar-refractivity contribution is 6.06. The van der Waals surface area contributed by atoms with Gasteiger partial charge in [-0.15, -0.1) is 0 Å². The molecule has 0 heterocycles. The van der Waals surface area contributed by atoms with E-state index in [9.17, 15) is 19.2 Å². The van der Waals surface area contributed by atoms with Crippen molar-refractivity contribution >= 4 is 23.8 Å². The molecule has 0 radical (unpaired) electrons. The molecule has 0 aliphatic heterocycles. The lowest BCUT2D eigenvalue weighted by Gasteiger charge is -2.40. The number of hydroxylamine groups is 2. The number of hydrogen-bond donors (Lipinski definition) is 1. The fourth-order valence-electron chi connectivity index (χ4n) is 2.82. The zero-order chi connectivity index (χ0) is 23.3. The van der Waals surface area contributed by atoms with Crippen LogP contribution >= 0.6 is 0 Å². The third-order valence-corrected chi connectivity index (χ3v) is 4.31. The van der Waals surface area contributed by atoms with Crippen LogP contribution < -0.4 is 5.73 Å². The average Bonchev–Trinajstić information content (AvgIpc) is 2.49. The van der Waals surface area contributed by atoms with Crippen LogP contribution in [0.5, 0.6) is 0 Å². The van der Waals surface area contributed by atoms with Gasteiger partial charge in [-0.2, -0.15) is 0 Å². The normalized spacial score (nSPS) is 17.6. The van der Waals surface area contributed by atoms with Gasteiger partial charge in [0.2, 0.25) is 0 Å². The van der Waals surface area contributed by atoms with E-state index in [0.717, 1.165) is 11.5 Å². The molecule has 0 saturated heterocycles. The van der Waals surface area contributed by atoms with Crippen LogP contribution in [-0.2, 0) is 33.5 Å². The lowest BCUT2D eigenvalue weighted by atomic mass is 9.82. The molecule has 2 atom stereocenters. The number of carbonyl (C=O) groups is 3. The number of hydrogen-bond acceptors (Lipinski definition) is 8. The van der Waals surface area contributed by atoms with Crippen LogP contribution in [0, 0.1) is 5.92 Å². The van der Waals surface area contributed by atoms with Crippen molar-refractivity contribution < 1.29 is 33.5 Å². The highest BCUT2D eigenvalue weighted by Crippen LogP contribution is 2.31. The van der Waals surface area contributed by atoms with Gasteiger partial charge in [0.25, 0.3) is 5.91 Å². The molecule has 0 aromatic rings. The summed E-state index contributed by atoms with van der Waals surface area (Å²) in [5.74, 6) is -3.49. The summed E-state index contributed by atoms with van der Waals surface area (Å²) < 4.78 is 10.7. The fourth-order valence-corrected chi connectivity index (χ4v) is 2.82. The average molecular weight is 427 g/mol. The maximum Gasteiger partial charge on any atom is 0.332 e. The van der Waals surface area contributed by atoms with Crippen LogP contribution in [0.15, 0.2) is 6.08 Å². The van der Waals surface area contributed by atoms with Crippen molar-refractivity contribution in [1.82, 2.24) is 5.06 Å². The Morgan fingerprint density at radius 3 is 2.00 bits per heavy atom. The van der Waals surface area contributed by atoms with Crippen molar-refractivity contribution in [3.05, 3.63) is 6.08 Å². The molecule has 9 heteroatoms. The Morgan fingerprint density at radius 1 is 1.10 bits per heavy atom. The van der Waals surface area contributed by atoms with Gasteiger partial charge in [-0.3, -0.25) is 14.4 Å². The Morgan fingerprint density at radius 2 is 1.63 bits per heavy atom. The highest BCUT2D eigenvalue weighted by atomic mass is 16.7. The molecule has 9 nitrogen and oxygen atoms in total. The molecule has 1 saturated carbocycles. The summed E-state index contributed by atoms with van der Waals surface area (Å²) in [5.41, 5.74) is 1.85. The third-order valence-electron chi connectivity index (χ3n) is 4.31. The second kappa shape index (κ2) is 9.73. The summed E-state index contributed by atoms with van der Waals surface area (Å²) in [4.78, 5) is 56.2. The van der Waals surface area contributed by atoms with Gasteiger partial charge in [-0.1, -0.05) is 0 Å². The molecule has 2 N–H and O–H groups in total. The van der Waals surface area contributed by atoms with Crippen molar-refractivity contribution in [3.8, 4) is 0 Å². The van der Waals surface area contributed by atoms with Crippen LogP contribution in [-0.4, -0.2) is 58.2 Å². The second-order valence-corrected chi connectivity index (χ2v) is 9.33. The zero-order valence-corrected chi connectivity index (χ0v) is 18.9. The first-order chi connectivity index (χ1) is 13.7. The molecule has 0 spiro atoms. The lowest BCUT2D eigenvalue weighted by molar-refractivity contribution is -0.216. The zero-order valence-electron chi connectivity index (χ0n) is 18.9. The first-order valence-corrected chi connectivity index (χ1v) is 10.1. The van der Waals surface area contributed by atoms with E-state index >= 15 is 0 Å². The Balaban J connectivity index is 3.50. The van der Waals surface area contributed by atoms with E-state index in [4.69, 9.17) is 20.0 Å². The number of amides is 1. The van der Waals surface area contributed by atoms with Crippen molar-refractivity contribution in [2.75, 3.05) is 6.61 Å². The predicted molar refractivity (Wildman–Crippen MR) is 108 cm³/mol. The van der Waals surface area contributed by atoms with E-state index in [1.54, 1.807) is 48.5 Å². The van der Waals surface area contributed by atoms with E-state index in [-0.39, 0.29) is 12.6 Å². The number of ether oxygens (including phenoxy) is 2. The van der Waals surface area contributed by atoms with Crippen LogP contribution in [0.2, 0.25) is 0 Å². The summed E-state index contributed by atoms with van der Waals surface area (Å²) in [6.07, 6.45) is 2.89. The second-order valence-electron chi connectivity index (χ2n) is 9.33. The molecule has 0 aromatic heterocycles. The quantitative estimate of drug-likeness (QED) is 0.269. The highest BCUT2D eigenvalue weighted by Gasteiger charge is 2.55. The fraction of sp³-hybridized carbons (Fsp3) is 0.762. The van der Waals surface area contributed by atoms with Gasteiger partial charge in [0, 0.05) is 6.08 Å². The summed E-state index contributed by atoms with van der Waals surface area (Å²) in [6.45, 7) is 11.5. The van der Waals surface area contributed by atoms with E-state index in [1.165, 1.54) is 5.94 Å². The van der Waals surface area contributed by atoms with Crippen molar-refractivity contribution in [2.45, 2.75) is 90.5 Å². The monoisotopic (exact) mass is 426 g/mol. The van der Waals surface area contributed by atoms with Crippen molar-refractivity contribution in [2.24, 2.45) is 11.7 Å². The number of nitrogens with zero attached hydrogens (tertiary/aromatic N) is 1. The Labute approximate surface area is 177 Å². The molecule has 1 fully saturated rings. The molecule has 30 heavy (non-hydrogen) atoms. The molecular formula is C21H34N2O7. The maximum atomic E-state index is 13.4. The maximum absolute atomic E-state index is 13.4. The van der Waals surface area contributed by atoms with Gasteiger partial charge in [-0.05, 0) is 67.7 Å². The van der Waals surface area contributed by atoms with Crippen LogP contribution in [0.4, 0.5) is 0 Å². The molecule has 2 unspecified atom stereocenters. The summed E-state index contributed by atoms with van der Waals surface area (Å²) in [7, 11) is 0. The molecule has 1 rings (SSSR count). The lowest BCUT2D eigenvalue weighted by Crippen LogP contribution is -2.64. The minimum absolute atomic E-state index is 0.163. The molecular weight excluding hydrogens is 392 g/mol. The van der Waals surface area contributed by atoms with Crippen LogP contribution in [0.3, 0.4) is 0 Å². The van der Waals surface area contributed by atoms with Crippen LogP contribution in [0.25, 0.3) is 0 Å². The predicted octanol–water partition coefficient (Wildman–Crippen LogP) is 1.70. The Kier molecular flexibility index (Phi) is 8.37. The third kappa shape index (κ3) is 6.65. The largest absolute Gasteiger partial charge is 0.459 e. The minimum atomic E-state index is -2.42. The molecule has 0 bridgehead atoms. The number of rotatable bonds is 8. The standard InChI is InChI=1S/C21H34N2O7/c1-8-28-23(14-10-9-11-14)16(25)15(17(26)29-19(2,3)4)21(22,12-13-24)18(27)30-20(5,6)7/h12,14-15H,8-11,22H2,1-7H3. The molecule has 0 aromatic carbocycles. The summed E-state index contributed by atoms with van der Waals surface area (Å²) in [5, 5.41) is 1.07. The van der Waals surface area contributed by atoms with Gasteiger partial charge in [0.05, 0.1) is 12.6 Å². The Bertz CT molecular complexity index is 697. The van der Waals surface area contributed by atoms with Gasteiger partial charge in [-0.25, -0.2) is 14.7 Å². The summed E-state index contributed by atoms with van der Waals surface area (Å²) >= 11 is 0. The first kappa shape index (κ1) is 25.8. The molecule has 170 valence electrons. The van der Waals surface area contributed by atoms with Gasteiger partial charge >= 0.3 is 11.9 Å². The smallest absolute Gasteiger partial charge is 0.332 e. The summed E-state index contributed by atoms with van der Waals surface area (Å²) in [6, 6.07) is -0.259. The first-order valence-electron chi connectivity index (χ1n) is 10.1. The van der Waals surface area contributed by atoms with Crippen molar-refractivity contribution in [3.63, 3.8) is 0 Å². The number of nitrogens with two attached hydrogens (primary N) is 1. The molecule has 1 aliphatic rings. The van der Waals surface area contributed by atoms with E-state index < -0.39 is 40.5 Å². The van der Waals surface area contributed by atoms with Gasteiger partial charge < -0.3 is 15.2 Å². The molecule has 1 amide bonds. The van der Waals surface area contributed by atoms with E-state index in [2.05, 4.69) is 0 Å². The minimum Gasteiger partial charge on any atom is -0.459 e. The van der Waals surface area contributed by atoms with Gasteiger partial charge in [0.15, 0.2) is 11.5 Å². The van der Waals surface area contributed by atoms with Crippen LogP contribution in [0.1, 0.15) is 67.7 Å². The number of esters is 2.